The summed E-state index contributed by atoms with van der Waals surface area (Å²) in [7, 11) is 0. The van der Waals surface area contributed by atoms with Crippen molar-refractivity contribution in [2.45, 2.75) is 19.1 Å². The van der Waals surface area contributed by atoms with Gasteiger partial charge in [0.25, 0.3) is 0 Å². The maximum Gasteiger partial charge on any atom is 0.416 e. The van der Waals surface area contributed by atoms with Gasteiger partial charge in [-0.05, 0) is 24.6 Å². The second-order valence-corrected chi connectivity index (χ2v) is 3.91. The second kappa shape index (κ2) is 3.97. The van der Waals surface area contributed by atoms with Crippen LogP contribution < -0.4 is 5.32 Å². The van der Waals surface area contributed by atoms with Crippen LogP contribution in [0.2, 0.25) is 0 Å². The maximum atomic E-state index is 12.6. The molecule has 1 aromatic rings. The molecule has 1 fully saturated rings. The fourth-order valence-electron chi connectivity index (χ4n) is 1.57. The Hall–Kier alpha value is -1.23. The molecule has 0 bridgehead atoms. The third-order valence-electron chi connectivity index (χ3n) is 2.55. The second-order valence-electron chi connectivity index (χ2n) is 3.91. The van der Waals surface area contributed by atoms with Crippen LogP contribution in [0.1, 0.15) is 11.1 Å². The van der Waals surface area contributed by atoms with E-state index in [4.69, 9.17) is 4.74 Å². The number of rotatable bonds is 2. The van der Waals surface area contributed by atoms with Crippen LogP contribution in [0, 0.1) is 6.92 Å². The molecule has 5 heteroatoms. The number of nitrogens with one attached hydrogen (secondary N) is 1. The van der Waals surface area contributed by atoms with Gasteiger partial charge in [0.2, 0.25) is 0 Å². The highest BCUT2D eigenvalue weighted by Crippen LogP contribution is 2.33. The van der Waals surface area contributed by atoms with Crippen LogP contribution in [0.5, 0.6) is 0 Å². The van der Waals surface area contributed by atoms with Crippen LogP contribution in [0.25, 0.3) is 0 Å². The smallest absolute Gasteiger partial charge is 0.378 e. The fraction of sp³-hybridized carbons (Fsp3) is 0.455. The van der Waals surface area contributed by atoms with Gasteiger partial charge in [-0.1, -0.05) is 6.07 Å². The highest BCUT2D eigenvalue weighted by molar-refractivity contribution is 5.50. The Bertz CT molecular complexity index is 385. The zero-order valence-corrected chi connectivity index (χ0v) is 8.77. The summed E-state index contributed by atoms with van der Waals surface area (Å²) in [4.78, 5) is 0. The molecular formula is C11H12F3NO. The number of halogens is 3. The average Bonchev–Trinajstić information content (AvgIpc) is 2.12. The normalized spacial score (nSPS) is 17.0. The number of alkyl halides is 3. The molecule has 0 spiro atoms. The molecule has 1 aliphatic rings. The van der Waals surface area contributed by atoms with Gasteiger partial charge in [0.05, 0.1) is 24.8 Å². The lowest BCUT2D eigenvalue weighted by molar-refractivity contribution is -0.138. The number of hydrogen-bond acceptors (Lipinski definition) is 2. The number of aryl methyl sites for hydroxylation is 1. The van der Waals surface area contributed by atoms with E-state index < -0.39 is 11.7 Å². The molecule has 1 N–H and O–H groups in total. The Morgan fingerprint density at radius 2 is 2.00 bits per heavy atom. The Labute approximate surface area is 91.4 Å². The van der Waals surface area contributed by atoms with Crippen molar-refractivity contribution in [1.29, 1.82) is 0 Å². The number of hydrogen-bond donors (Lipinski definition) is 1. The highest BCUT2D eigenvalue weighted by atomic mass is 19.4. The molecule has 0 amide bonds. The summed E-state index contributed by atoms with van der Waals surface area (Å²) < 4.78 is 42.8. The molecule has 88 valence electrons. The van der Waals surface area contributed by atoms with Gasteiger partial charge in [0.1, 0.15) is 0 Å². The third kappa shape index (κ3) is 2.29. The molecule has 16 heavy (non-hydrogen) atoms. The average molecular weight is 231 g/mol. The highest BCUT2D eigenvalue weighted by Gasteiger charge is 2.32. The Morgan fingerprint density at radius 3 is 2.50 bits per heavy atom. The molecule has 1 aromatic carbocycles. The van der Waals surface area contributed by atoms with Crippen LogP contribution in [-0.2, 0) is 10.9 Å². The molecule has 0 aromatic heterocycles. The molecule has 2 nitrogen and oxygen atoms in total. The standard InChI is InChI=1S/C11H12F3NO/c1-7-2-3-8(15-9-5-16-6-9)4-10(7)11(12,13)14/h2-4,9,15H,5-6H2,1H3. The quantitative estimate of drug-likeness (QED) is 0.845. The van der Waals surface area contributed by atoms with Crippen molar-refractivity contribution in [2.75, 3.05) is 18.5 Å². The molecule has 0 atom stereocenters. The topological polar surface area (TPSA) is 21.3 Å². The molecule has 0 unspecified atom stereocenters. The van der Waals surface area contributed by atoms with Crippen molar-refractivity contribution in [2.24, 2.45) is 0 Å². The number of benzene rings is 1. The molecule has 0 saturated carbocycles. The first kappa shape index (κ1) is 11.3. The lowest BCUT2D eigenvalue weighted by atomic mass is 10.1. The van der Waals surface area contributed by atoms with E-state index in [1.54, 1.807) is 6.07 Å². The van der Waals surface area contributed by atoms with Crippen molar-refractivity contribution in [1.82, 2.24) is 0 Å². The van der Waals surface area contributed by atoms with Gasteiger partial charge in [-0.25, -0.2) is 0 Å². The largest absolute Gasteiger partial charge is 0.416 e. The first-order valence-electron chi connectivity index (χ1n) is 4.99. The van der Waals surface area contributed by atoms with Crippen molar-refractivity contribution in [3.63, 3.8) is 0 Å². The summed E-state index contributed by atoms with van der Waals surface area (Å²) in [5.41, 5.74) is 0.145. The SMILES string of the molecule is Cc1ccc(NC2COC2)cc1C(F)(F)F. The first-order chi connectivity index (χ1) is 7.47. The van der Waals surface area contributed by atoms with Crippen LogP contribution in [0.4, 0.5) is 18.9 Å². The van der Waals surface area contributed by atoms with Gasteiger partial charge in [-0.15, -0.1) is 0 Å². The van der Waals surface area contributed by atoms with Gasteiger partial charge >= 0.3 is 6.18 Å². The zero-order chi connectivity index (χ0) is 11.8. The van der Waals surface area contributed by atoms with Gasteiger partial charge in [-0.3, -0.25) is 0 Å². The molecule has 0 aliphatic carbocycles. The third-order valence-corrected chi connectivity index (χ3v) is 2.55. The van der Waals surface area contributed by atoms with Crippen LogP contribution in [-0.4, -0.2) is 19.3 Å². The van der Waals surface area contributed by atoms with E-state index in [0.29, 0.717) is 18.9 Å². The Balaban J connectivity index is 2.20. The van der Waals surface area contributed by atoms with Gasteiger partial charge < -0.3 is 10.1 Å². The van der Waals surface area contributed by atoms with Gasteiger partial charge in [0, 0.05) is 5.69 Å². The monoisotopic (exact) mass is 231 g/mol. The number of anilines is 1. The summed E-state index contributed by atoms with van der Waals surface area (Å²) in [6, 6.07) is 4.41. The minimum atomic E-state index is -4.29. The lowest BCUT2D eigenvalue weighted by Crippen LogP contribution is -2.40. The first-order valence-corrected chi connectivity index (χ1v) is 4.99. The van der Waals surface area contributed by atoms with Crippen LogP contribution in [0.15, 0.2) is 18.2 Å². The predicted octanol–water partition coefficient (Wildman–Crippen LogP) is 2.82. The maximum absolute atomic E-state index is 12.6. The predicted molar refractivity (Wildman–Crippen MR) is 54.4 cm³/mol. The summed E-state index contributed by atoms with van der Waals surface area (Å²) in [5, 5.41) is 2.99. The minimum absolute atomic E-state index is 0.129. The van der Waals surface area contributed by atoms with E-state index in [9.17, 15) is 13.2 Å². The van der Waals surface area contributed by atoms with Crippen molar-refractivity contribution in [3.05, 3.63) is 29.3 Å². The molecule has 1 aliphatic heterocycles. The minimum Gasteiger partial charge on any atom is -0.378 e. The van der Waals surface area contributed by atoms with E-state index in [1.807, 2.05) is 0 Å². The molecule has 2 rings (SSSR count). The Morgan fingerprint density at radius 1 is 1.31 bits per heavy atom. The van der Waals surface area contributed by atoms with Crippen LogP contribution in [0.3, 0.4) is 0 Å². The van der Waals surface area contributed by atoms with E-state index in [-0.39, 0.29) is 11.6 Å². The van der Waals surface area contributed by atoms with Crippen molar-refractivity contribution < 1.29 is 17.9 Å². The molecule has 0 radical (unpaired) electrons. The van der Waals surface area contributed by atoms with Crippen LogP contribution >= 0.6 is 0 Å². The van der Waals surface area contributed by atoms with E-state index >= 15 is 0 Å². The molecular weight excluding hydrogens is 219 g/mol. The zero-order valence-electron chi connectivity index (χ0n) is 8.77. The number of ether oxygens (including phenoxy) is 1. The van der Waals surface area contributed by atoms with Crippen molar-refractivity contribution in [3.8, 4) is 0 Å². The summed E-state index contributed by atoms with van der Waals surface area (Å²) >= 11 is 0. The summed E-state index contributed by atoms with van der Waals surface area (Å²) in [6.07, 6.45) is -4.29. The fourth-order valence-corrected chi connectivity index (χ4v) is 1.57. The molecule has 1 saturated heterocycles. The summed E-state index contributed by atoms with van der Waals surface area (Å²) in [5.74, 6) is 0. The van der Waals surface area contributed by atoms with Gasteiger partial charge in [-0.2, -0.15) is 13.2 Å². The van der Waals surface area contributed by atoms with E-state index in [2.05, 4.69) is 5.32 Å². The van der Waals surface area contributed by atoms with E-state index in [1.165, 1.54) is 13.0 Å². The Kier molecular flexibility index (Phi) is 2.80. The van der Waals surface area contributed by atoms with Gasteiger partial charge in [0.15, 0.2) is 0 Å². The molecule has 1 heterocycles. The summed E-state index contributed by atoms with van der Waals surface area (Å²) in [6.45, 7) is 2.56. The van der Waals surface area contributed by atoms with Crippen molar-refractivity contribution >= 4 is 5.69 Å². The lowest BCUT2D eigenvalue weighted by Gasteiger charge is -2.28. The van der Waals surface area contributed by atoms with E-state index in [0.717, 1.165) is 6.07 Å².